The van der Waals surface area contributed by atoms with Crippen molar-refractivity contribution in [2.75, 3.05) is 0 Å². The topological polar surface area (TPSA) is 60.4 Å². The smallest absolute Gasteiger partial charge is 0.237 e. The summed E-state index contributed by atoms with van der Waals surface area (Å²) in [4.78, 5) is 15.7. The predicted octanol–water partition coefficient (Wildman–Crippen LogP) is 3.84. The molecule has 2 aromatic carbocycles. The van der Waals surface area contributed by atoms with Crippen molar-refractivity contribution >= 4 is 40.3 Å². The molecule has 23 heavy (non-hydrogen) atoms. The van der Waals surface area contributed by atoms with Crippen LogP contribution in [0, 0.1) is 6.92 Å². The fourth-order valence-electron chi connectivity index (χ4n) is 2.48. The fourth-order valence-corrected chi connectivity index (χ4v) is 2.66. The van der Waals surface area contributed by atoms with Crippen molar-refractivity contribution in [3.05, 3.63) is 64.8 Å². The lowest BCUT2D eigenvalue weighted by molar-refractivity contribution is -0.118. The average molecular weight is 326 g/mol. The van der Waals surface area contributed by atoms with Gasteiger partial charge in [-0.3, -0.25) is 9.79 Å². The van der Waals surface area contributed by atoms with E-state index in [9.17, 15) is 4.79 Å². The highest BCUT2D eigenvalue weighted by Gasteiger charge is 2.08. The monoisotopic (exact) mass is 325 g/mol. The van der Waals surface area contributed by atoms with Crippen LogP contribution in [-0.2, 0) is 11.3 Å². The van der Waals surface area contributed by atoms with Gasteiger partial charge in [-0.1, -0.05) is 35.9 Å². The van der Waals surface area contributed by atoms with Crippen molar-refractivity contribution in [3.63, 3.8) is 0 Å². The first-order valence-electron chi connectivity index (χ1n) is 7.21. The first-order chi connectivity index (χ1) is 11.0. The largest absolute Gasteiger partial charge is 0.368 e. The van der Waals surface area contributed by atoms with Gasteiger partial charge in [0.05, 0.1) is 5.69 Å². The molecule has 3 rings (SSSR count). The number of aryl methyl sites for hydroxylation is 1. The van der Waals surface area contributed by atoms with Crippen LogP contribution in [0.15, 0.2) is 53.7 Å². The highest BCUT2D eigenvalue weighted by atomic mass is 35.5. The summed E-state index contributed by atoms with van der Waals surface area (Å²) in [5.74, 6) is -0.375. The summed E-state index contributed by atoms with van der Waals surface area (Å²) in [6, 6.07) is 13.5. The molecule has 0 aliphatic carbocycles. The van der Waals surface area contributed by atoms with Gasteiger partial charge in [-0.25, -0.2) is 0 Å². The minimum atomic E-state index is -0.375. The van der Waals surface area contributed by atoms with Crippen molar-refractivity contribution in [2.24, 2.45) is 10.7 Å². The lowest BCUT2D eigenvalue weighted by atomic mass is 10.2. The van der Waals surface area contributed by atoms with Crippen LogP contribution in [0.2, 0.25) is 5.02 Å². The van der Waals surface area contributed by atoms with Crippen molar-refractivity contribution in [3.8, 4) is 0 Å². The number of aliphatic imine (C=N–C) groups is 1. The van der Waals surface area contributed by atoms with Crippen molar-refractivity contribution in [1.82, 2.24) is 4.57 Å². The third-order valence-electron chi connectivity index (χ3n) is 3.65. The number of nitrogens with zero attached hydrogens (tertiary/aromatic N) is 2. The quantitative estimate of drug-likeness (QED) is 0.728. The zero-order chi connectivity index (χ0) is 16.4. The van der Waals surface area contributed by atoms with E-state index in [0.29, 0.717) is 5.02 Å². The molecule has 0 spiro atoms. The molecule has 116 valence electrons. The zero-order valence-electron chi connectivity index (χ0n) is 12.7. The Balaban J connectivity index is 2.00. The Labute approximate surface area is 139 Å². The summed E-state index contributed by atoms with van der Waals surface area (Å²) in [6.45, 7) is 2.10. The minimum Gasteiger partial charge on any atom is -0.368 e. The van der Waals surface area contributed by atoms with E-state index in [1.54, 1.807) is 6.21 Å². The molecule has 0 fully saturated rings. The number of amides is 1. The molecule has 0 aliphatic heterocycles. The number of benzene rings is 2. The molecule has 1 heterocycles. The molecular formula is C18H16ClN3O. The number of carbonyl (C=O) groups is 1. The Morgan fingerprint density at radius 1 is 1.30 bits per heavy atom. The maximum Gasteiger partial charge on any atom is 0.237 e. The number of para-hydroxylation sites is 1. The summed E-state index contributed by atoms with van der Waals surface area (Å²) >= 11 is 6.12. The highest BCUT2D eigenvalue weighted by molar-refractivity contribution is 6.31. The second-order valence-corrected chi connectivity index (χ2v) is 5.79. The van der Waals surface area contributed by atoms with Crippen LogP contribution in [0.4, 0.5) is 5.69 Å². The van der Waals surface area contributed by atoms with Crippen LogP contribution in [0.3, 0.4) is 0 Å². The normalized spacial score (nSPS) is 11.4. The molecule has 4 nitrogen and oxygen atoms in total. The lowest BCUT2D eigenvalue weighted by Crippen LogP contribution is -2.17. The van der Waals surface area contributed by atoms with E-state index in [2.05, 4.69) is 4.99 Å². The van der Waals surface area contributed by atoms with Crippen molar-refractivity contribution in [2.45, 2.75) is 13.5 Å². The van der Waals surface area contributed by atoms with E-state index in [-0.39, 0.29) is 12.5 Å². The van der Waals surface area contributed by atoms with Gasteiger partial charge in [0.25, 0.3) is 0 Å². The zero-order valence-corrected chi connectivity index (χ0v) is 13.4. The third-order valence-corrected chi connectivity index (χ3v) is 4.06. The number of primary amides is 1. The lowest BCUT2D eigenvalue weighted by Gasteiger charge is -2.00. The standard InChI is InChI=1S/C18H16ClN3O/c1-12-6-7-14(8-16(12)19)21-9-13-10-22(11-18(20)23)17-5-3-2-4-15(13)17/h2-10H,11H2,1H3,(H2,20,23). The third kappa shape index (κ3) is 3.27. The number of fused-ring (bicyclic) bond motifs is 1. The number of aromatic nitrogens is 1. The number of rotatable bonds is 4. The molecule has 0 saturated carbocycles. The maximum atomic E-state index is 11.2. The van der Waals surface area contributed by atoms with Crippen molar-refractivity contribution in [1.29, 1.82) is 0 Å². The van der Waals surface area contributed by atoms with Gasteiger partial charge >= 0.3 is 0 Å². The van der Waals surface area contributed by atoms with Gasteiger partial charge in [0.1, 0.15) is 6.54 Å². The van der Waals surface area contributed by atoms with Gasteiger partial charge in [0.15, 0.2) is 0 Å². The first kappa shape index (κ1) is 15.3. The van der Waals surface area contributed by atoms with E-state index in [1.165, 1.54) is 0 Å². The average Bonchev–Trinajstić information content (AvgIpc) is 2.86. The molecule has 0 unspecified atom stereocenters. The Kier molecular flexibility index (Phi) is 4.17. The molecule has 1 amide bonds. The van der Waals surface area contributed by atoms with Crippen LogP contribution in [-0.4, -0.2) is 16.7 Å². The van der Waals surface area contributed by atoms with Crippen LogP contribution in [0.25, 0.3) is 10.9 Å². The molecule has 0 radical (unpaired) electrons. The second kappa shape index (κ2) is 6.26. The summed E-state index contributed by atoms with van der Waals surface area (Å²) in [5, 5.41) is 1.71. The van der Waals surface area contributed by atoms with Gasteiger partial charge in [-0.15, -0.1) is 0 Å². The van der Waals surface area contributed by atoms with Gasteiger partial charge in [-0.05, 0) is 30.7 Å². The summed E-state index contributed by atoms with van der Waals surface area (Å²) in [6.07, 6.45) is 3.66. The first-order valence-corrected chi connectivity index (χ1v) is 7.59. The van der Waals surface area contributed by atoms with Crippen molar-refractivity contribution < 1.29 is 4.79 Å². The van der Waals surface area contributed by atoms with Crippen LogP contribution >= 0.6 is 11.6 Å². The van der Waals surface area contributed by atoms with E-state index in [4.69, 9.17) is 17.3 Å². The number of carbonyl (C=O) groups excluding carboxylic acids is 1. The van der Waals surface area contributed by atoms with Crippen LogP contribution < -0.4 is 5.73 Å². The minimum absolute atomic E-state index is 0.144. The summed E-state index contributed by atoms with van der Waals surface area (Å²) in [7, 11) is 0. The Morgan fingerprint density at radius 3 is 2.83 bits per heavy atom. The molecule has 0 saturated heterocycles. The maximum absolute atomic E-state index is 11.2. The molecule has 3 aromatic rings. The van der Waals surface area contributed by atoms with Gasteiger partial charge in [0, 0.05) is 33.9 Å². The summed E-state index contributed by atoms with van der Waals surface area (Å²) < 4.78 is 1.83. The summed E-state index contributed by atoms with van der Waals surface area (Å²) in [5.41, 5.74) is 9.00. The Bertz CT molecular complexity index is 912. The molecule has 0 bridgehead atoms. The highest BCUT2D eigenvalue weighted by Crippen LogP contribution is 2.24. The molecular weight excluding hydrogens is 310 g/mol. The Hall–Kier alpha value is -2.59. The second-order valence-electron chi connectivity index (χ2n) is 5.39. The molecule has 0 atom stereocenters. The van der Waals surface area contributed by atoms with Gasteiger partial charge in [-0.2, -0.15) is 0 Å². The van der Waals surface area contributed by atoms with E-state index in [1.807, 2.05) is 60.2 Å². The number of hydrogen-bond acceptors (Lipinski definition) is 2. The SMILES string of the molecule is Cc1ccc(N=Cc2cn(CC(N)=O)c3ccccc23)cc1Cl. The van der Waals surface area contributed by atoms with Crippen LogP contribution in [0.1, 0.15) is 11.1 Å². The predicted molar refractivity (Wildman–Crippen MR) is 94.6 cm³/mol. The van der Waals surface area contributed by atoms with E-state index >= 15 is 0 Å². The van der Waals surface area contributed by atoms with Crippen LogP contribution in [0.5, 0.6) is 0 Å². The number of halogens is 1. The molecule has 5 heteroatoms. The number of nitrogens with two attached hydrogens (primary N) is 1. The van der Waals surface area contributed by atoms with Gasteiger partial charge in [0.2, 0.25) is 5.91 Å². The van der Waals surface area contributed by atoms with E-state index < -0.39 is 0 Å². The van der Waals surface area contributed by atoms with Gasteiger partial charge < -0.3 is 10.3 Å². The van der Waals surface area contributed by atoms with E-state index in [0.717, 1.165) is 27.7 Å². The number of hydrogen-bond donors (Lipinski definition) is 1. The molecule has 1 aromatic heterocycles. The fraction of sp³-hybridized carbons (Fsp3) is 0.111. The molecule has 0 aliphatic rings. The Morgan fingerprint density at radius 2 is 2.09 bits per heavy atom. The molecule has 2 N–H and O–H groups in total.